The normalized spacial score (nSPS) is 29.1. The predicted octanol–water partition coefficient (Wildman–Crippen LogP) is 3.19. The van der Waals surface area contributed by atoms with Gasteiger partial charge in [-0.15, -0.1) is 0 Å². The molecule has 1 amide bonds. The summed E-state index contributed by atoms with van der Waals surface area (Å²) in [4.78, 5) is 12.6. The molecule has 3 fully saturated rings. The number of fused-ring (bicyclic) bond motifs is 2. The van der Waals surface area contributed by atoms with Crippen molar-refractivity contribution in [1.82, 2.24) is 9.62 Å². The Morgan fingerprint density at radius 1 is 1.11 bits per heavy atom. The number of nitrogens with one attached hydrogen (secondary N) is 1. The largest absolute Gasteiger partial charge is 0.353 e. The number of hydrogen-bond donors (Lipinski definition) is 1. The van der Waals surface area contributed by atoms with E-state index < -0.39 is 10.0 Å². The van der Waals surface area contributed by atoms with Gasteiger partial charge in [0.1, 0.15) is 0 Å². The zero-order valence-electron chi connectivity index (χ0n) is 15.4. The summed E-state index contributed by atoms with van der Waals surface area (Å²) in [7, 11) is -3.42. The molecule has 7 heteroatoms. The highest BCUT2D eigenvalue weighted by Crippen LogP contribution is 2.44. The highest BCUT2D eigenvalue weighted by molar-refractivity contribution is 7.88. The van der Waals surface area contributed by atoms with Crippen LogP contribution in [0, 0.1) is 17.8 Å². The van der Waals surface area contributed by atoms with E-state index in [2.05, 4.69) is 5.32 Å². The highest BCUT2D eigenvalue weighted by atomic mass is 35.5. The van der Waals surface area contributed by atoms with E-state index in [4.69, 9.17) is 11.6 Å². The summed E-state index contributed by atoms with van der Waals surface area (Å²) < 4.78 is 26.9. The molecule has 3 atom stereocenters. The maximum atomic E-state index is 12.7. The second kappa shape index (κ2) is 7.72. The average Bonchev–Trinajstić information content (AvgIpc) is 3.27. The van der Waals surface area contributed by atoms with Gasteiger partial charge in [0.05, 0.1) is 5.75 Å². The van der Waals surface area contributed by atoms with E-state index in [0.717, 1.165) is 12.3 Å². The molecule has 4 rings (SSSR count). The van der Waals surface area contributed by atoms with Crippen LogP contribution < -0.4 is 5.32 Å². The Morgan fingerprint density at radius 3 is 2.48 bits per heavy atom. The molecule has 3 unspecified atom stereocenters. The molecule has 0 aromatic heterocycles. The number of benzene rings is 1. The van der Waals surface area contributed by atoms with E-state index in [-0.39, 0.29) is 17.6 Å². The summed E-state index contributed by atoms with van der Waals surface area (Å²) in [5.41, 5.74) is 0.621. The summed E-state index contributed by atoms with van der Waals surface area (Å²) in [6, 6.07) is 7.38. The molecule has 2 bridgehead atoms. The van der Waals surface area contributed by atoms with E-state index in [9.17, 15) is 13.2 Å². The van der Waals surface area contributed by atoms with Crippen molar-refractivity contribution < 1.29 is 13.2 Å². The second-order valence-electron chi connectivity index (χ2n) is 8.31. The molecule has 0 spiro atoms. The third-order valence-corrected chi connectivity index (χ3v) is 8.78. The van der Waals surface area contributed by atoms with Crippen LogP contribution in [0.4, 0.5) is 0 Å². The van der Waals surface area contributed by atoms with Crippen LogP contribution in [0.3, 0.4) is 0 Å². The molecule has 1 saturated heterocycles. The number of amides is 1. The predicted molar refractivity (Wildman–Crippen MR) is 106 cm³/mol. The minimum atomic E-state index is -3.42. The molecule has 1 aliphatic heterocycles. The Bertz CT molecular complexity index is 805. The number of hydrogen-bond acceptors (Lipinski definition) is 3. The van der Waals surface area contributed by atoms with E-state index in [1.807, 2.05) is 0 Å². The molecule has 2 aliphatic carbocycles. The molecule has 1 aromatic rings. The molecule has 3 aliphatic rings. The van der Waals surface area contributed by atoms with Crippen molar-refractivity contribution in [2.45, 2.75) is 50.3 Å². The van der Waals surface area contributed by atoms with E-state index in [1.54, 1.807) is 24.3 Å². The average molecular weight is 411 g/mol. The number of nitrogens with zero attached hydrogens (tertiary/aromatic N) is 1. The maximum absolute atomic E-state index is 12.7. The molecule has 5 nitrogen and oxygen atoms in total. The summed E-state index contributed by atoms with van der Waals surface area (Å²) in [5.74, 6) is 1.42. The summed E-state index contributed by atoms with van der Waals surface area (Å²) >= 11 is 6.11. The zero-order chi connectivity index (χ0) is 19.0. The Hall–Kier alpha value is -1.11. The lowest BCUT2D eigenvalue weighted by Gasteiger charge is -2.32. The molecule has 1 aromatic carbocycles. The molecule has 2 saturated carbocycles. The quantitative estimate of drug-likeness (QED) is 0.810. The first-order chi connectivity index (χ1) is 12.9. The van der Waals surface area contributed by atoms with Crippen molar-refractivity contribution in [1.29, 1.82) is 0 Å². The van der Waals surface area contributed by atoms with Crippen molar-refractivity contribution in [3.63, 3.8) is 0 Å². The Morgan fingerprint density at radius 2 is 1.85 bits per heavy atom. The molecule has 1 heterocycles. The van der Waals surface area contributed by atoms with Gasteiger partial charge < -0.3 is 5.32 Å². The van der Waals surface area contributed by atoms with Gasteiger partial charge in [0.2, 0.25) is 15.9 Å². The van der Waals surface area contributed by atoms with Crippen LogP contribution in [0.5, 0.6) is 0 Å². The van der Waals surface area contributed by atoms with Gasteiger partial charge in [-0.1, -0.05) is 36.2 Å². The Balaban J connectivity index is 1.30. The fourth-order valence-electron chi connectivity index (χ4n) is 5.02. The third-order valence-electron chi connectivity index (χ3n) is 6.58. The fourth-order valence-corrected chi connectivity index (χ4v) is 6.90. The smallest absolute Gasteiger partial charge is 0.223 e. The van der Waals surface area contributed by atoms with Gasteiger partial charge in [-0.25, -0.2) is 12.7 Å². The Kier molecular flexibility index (Phi) is 5.50. The minimum absolute atomic E-state index is 0.0733. The first kappa shape index (κ1) is 19.2. The van der Waals surface area contributed by atoms with Gasteiger partial charge in [-0.05, 0) is 55.6 Å². The number of halogens is 1. The zero-order valence-corrected chi connectivity index (χ0v) is 17.0. The topological polar surface area (TPSA) is 66.5 Å². The van der Waals surface area contributed by atoms with Crippen molar-refractivity contribution >= 4 is 27.5 Å². The van der Waals surface area contributed by atoms with Crippen LogP contribution in [-0.2, 0) is 20.6 Å². The van der Waals surface area contributed by atoms with Crippen LogP contribution >= 0.6 is 11.6 Å². The summed E-state index contributed by atoms with van der Waals surface area (Å²) in [6.45, 7) is 0.809. The van der Waals surface area contributed by atoms with Crippen LogP contribution in [0.2, 0.25) is 5.02 Å². The first-order valence-electron chi connectivity index (χ1n) is 9.94. The number of carbonyl (C=O) groups is 1. The van der Waals surface area contributed by atoms with Crippen LogP contribution in [-0.4, -0.2) is 37.8 Å². The lowest BCUT2D eigenvalue weighted by Crippen LogP contribution is -2.46. The van der Waals surface area contributed by atoms with Crippen LogP contribution in [0.1, 0.15) is 44.1 Å². The van der Waals surface area contributed by atoms with Crippen LogP contribution in [0.15, 0.2) is 24.3 Å². The van der Waals surface area contributed by atoms with Crippen molar-refractivity contribution in [2.75, 3.05) is 13.1 Å². The standard InChI is InChI=1S/C20H27ClN2O3S/c21-18-4-2-1-3-17(18)13-27(25,26)23-9-7-15(8-10-23)20(24)22-19-12-14-5-6-16(19)11-14/h1-4,14-16,19H,5-13H2,(H,22,24). The maximum Gasteiger partial charge on any atom is 0.223 e. The van der Waals surface area contributed by atoms with Gasteiger partial charge in [-0.2, -0.15) is 0 Å². The third kappa shape index (κ3) is 4.17. The summed E-state index contributed by atoms with van der Waals surface area (Å²) in [6.07, 6.45) is 6.14. The Labute approximate surface area is 166 Å². The summed E-state index contributed by atoms with van der Waals surface area (Å²) in [5, 5.41) is 3.73. The number of piperidine rings is 1. The van der Waals surface area contributed by atoms with E-state index in [1.165, 1.54) is 23.6 Å². The lowest BCUT2D eigenvalue weighted by molar-refractivity contribution is -0.127. The number of rotatable bonds is 5. The van der Waals surface area contributed by atoms with Gasteiger partial charge in [-0.3, -0.25) is 4.79 Å². The second-order valence-corrected chi connectivity index (χ2v) is 10.7. The molecule has 0 radical (unpaired) electrons. The van der Waals surface area contributed by atoms with Gasteiger partial charge in [0.25, 0.3) is 0 Å². The van der Waals surface area contributed by atoms with Crippen molar-refractivity contribution in [3.05, 3.63) is 34.9 Å². The molecular formula is C20H27ClN2O3S. The van der Waals surface area contributed by atoms with Gasteiger partial charge in [0, 0.05) is 30.1 Å². The molecule has 1 N–H and O–H groups in total. The van der Waals surface area contributed by atoms with E-state index in [0.29, 0.717) is 48.5 Å². The number of carbonyl (C=O) groups excluding carboxylic acids is 1. The minimum Gasteiger partial charge on any atom is -0.353 e. The highest BCUT2D eigenvalue weighted by Gasteiger charge is 2.41. The van der Waals surface area contributed by atoms with Gasteiger partial charge in [0.15, 0.2) is 0 Å². The SMILES string of the molecule is O=C(NC1CC2CCC1C2)C1CCN(S(=O)(=O)Cc2ccccc2Cl)CC1. The monoisotopic (exact) mass is 410 g/mol. The fraction of sp³-hybridized carbons (Fsp3) is 0.650. The van der Waals surface area contributed by atoms with E-state index >= 15 is 0 Å². The lowest BCUT2D eigenvalue weighted by atomic mass is 9.93. The van der Waals surface area contributed by atoms with Gasteiger partial charge >= 0.3 is 0 Å². The molecule has 148 valence electrons. The van der Waals surface area contributed by atoms with Crippen molar-refractivity contribution in [2.24, 2.45) is 17.8 Å². The molecule has 27 heavy (non-hydrogen) atoms. The number of sulfonamides is 1. The van der Waals surface area contributed by atoms with Crippen LogP contribution in [0.25, 0.3) is 0 Å². The first-order valence-corrected chi connectivity index (χ1v) is 11.9. The van der Waals surface area contributed by atoms with Crippen molar-refractivity contribution in [3.8, 4) is 0 Å². The molecular weight excluding hydrogens is 384 g/mol.